The number of nitrogens with one attached hydrogen (secondary N) is 3. The summed E-state index contributed by atoms with van der Waals surface area (Å²) >= 11 is 0. The first-order valence-corrected chi connectivity index (χ1v) is 14.0. The zero-order valence-electron chi connectivity index (χ0n) is 25.0. The molecule has 3 heterocycles. The fourth-order valence-electron chi connectivity index (χ4n) is 5.02. The van der Waals surface area contributed by atoms with Crippen molar-refractivity contribution in [2.24, 2.45) is 0 Å². The number of halogens is 2. The lowest BCUT2D eigenvalue weighted by Crippen LogP contribution is -2.45. The number of anilines is 2. The first kappa shape index (κ1) is 30.2. The van der Waals surface area contributed by atoms with Crippen LogP contribution >= 0.6 is 0 Å². The van der Waals surface area contributed by atoms with Crippen LogP contribution in [-0.2, 0) is 0 Å². The van der Waals surface area contributed by atoms with Gasteiger partial charge in [0.25, 0.3) is 5.91 Å². The molecule has 1 aliphatic rings. The number of hydrogen-bond acceptors (Lipinski definition) is 8. The number of aryl methyl sites for hydroxylation is 1. The lowest BCUT2D eigenvalue weighted by atomic mass is 10.00. The van der Waals surface area contributed by atoms with Crippen molar-refractivity contribution < 1.29 is 23.0 Å². The van der Waals surface area contributed by atoms with E-state index in [1.165, 1.54) is 13.1 Å². The third-order valence-corrected chi connectivity index (χ3v) is 7.06. The van der Waals surface area contributed by atoms with Crippen LogP contribution < -0.4 is 31.2 Å². The topological polar surface area (TPSA) is 123 Å². The van der Waals surface area contributed by atoms with Gasteiger partial charge in [0.05, 0.1) is 17.0 Å². The Morgan fingerprint density at radius 2 is 1.95 bits per heavy atom. The van der Waals surface area contributed by atoms with E-state index in [4.69, 9.17) is 15.2 Å². The molecule has 0 aliphatic carbocycles. The Morgan fingerprint density at radius 3 is 2.59 bits per heavy atom. The molecule has 41 heavy (non-hydrogen) atoms. The monoisotopic (exact) mass is 570 g/mol. The minimum absolute atomic E-state index is 0.0346. The number of nitrogen functional groups attached to an aromatic ring is 1. The van der Waals surface area contributed by atoms with E-state index in [1.807, 2.05) is 6.92 Å². The number of nitrogens with two attached hydrogens (primary N) is 1. The molecule has 2 aromatic heterocycles. The molecule has 222 valence electrons. The number of aromatic nitrogens is 2. The van der Waals surface area contributed by atoms with Crippen LogP contribution in [0.5, 0.6) is 11.6 Å². The van der Waals surface area contributed by atoms with E-state index in [0.717, 1.165) is 18.9 Å². The number of carbonyl (C=O) groups excluding carboxylic acids is 1. The van der Waals surface area contributed by atoms with E-state index < -0.39 is 29.2 Å². The van der Waals surface area contributed by atoms with Crippen molar-refractivity contribution in [2.45, 2.75) is 85.1 Å². The molecule has 0 radical (unpaired) electrons. The Balaban J connectivity index is 1.99. The fourth-order valence-corrected chi connectivity index (χ4v) is 5.02. The standard InChI is InChI=1S/C30H40F2N6O3/c1-9-10-14(2)35-13-20-16(4)40-29-22-21(15(3)24(28(39)34-8)37-27(22)36-20)23(32)25(38-29)18-11-17(33)12-19(31)26(18)41-30(5,6)7/h11-12,14,16,20,35H,9-10,13,33H2,1-8H3,(H,34,39)(H,36,37). The number of rotatable bonds is 8. The maximum absolute atomic E-state index is 16.7. The molecule has 3 atom stereocenters. The van der Waals surface area contributed by atoms with E-state index in [-0.39, 0.29) is 57.6 Å². The summed E-state index contributed by atoms with van der Waals surface area (Å²) in [7, 11) is 1.48. The fraction of sp³-hybridized carbons (Fsp3) is 0.500. The molecule has 4 rings (SSSR count). The van der Waals surface area contributed by atoms with Gasteiger partial charge >= 0.3 is 0 Å². The molecule has 1 amide bonds. The molecule has 0 spiro atoms. The number of hydrogen-bond donors (Lipinski definition) is 4. The largest absolute Gasteiger partial charge is 0.484 e. The highest BCUT2D eigenvalue weighted by Gasteiger charge is 2.33. The van der Waals surface area contributed by atoms with Crippen LogP contribution in [0, 0.1) is 18.6 Å². The molecule has 3 unspecified atom stereocenters. The van der Waals surface area contributed by atoms with Crippen molar-refractivity contribution in [1.82, 2.24) is 20.6 Å². The summed E-state index contributed by atoms with van der Waals surface area (Å²) in [6.07, 6.45) is 1.62. The number of benzene rings is 1. The Labute approximate surface area is 239 Å². The number of pyridine rings is 2. The molecule has 9 nitrogen and oxygen atoms in total. The van der Waals surface area contributed by atoms with Gasteiger partial charge in [-0.1, -0.05) is 13.3 Å². The summed E-state index contributed by atoms with van der Waals surface area (Å²) in [6, 6.07) is 2.53. The molecular formula is C30H40F2N6O3. The van der Waals surface area contributed by atoms with Gasteiger partial charge in [0.1, 0.15) is 28.9 Å². The van der Waals surface area contributed by atoms with Crippen LogP contribution in [0.2, 0.25) is 0 Å². The van der Waals surface area contributed by atoms with Gasteiger partial charge in [0, 0.05) is 36.8 Å². The highest BCUT2D eigenvalue weighted by molar-refractivity contribution is 6.06. The summed E-state index contributed by atoms with van der Waals surface area (Å²) < 4.78 is 44.2. The predicted octanol–water partition coefficient (Wildman–Crippen LogP) is 5.34. The lowest BCUT2D eigenvalue weighted by molar-refractivity contribution is 0.0957. The summed E-state index contributed by atoms with van der Waals surface area (Å²) in [4.78, 5) is 22.0. The van der Waals surface area contributed by atoms with E-state index >= 15 is 8.78 Å². The normalized spacial score (nSPS) is 17.4. The number of carbonyl (C=O) groups is 1. The summed E-state index contributed by atoms with van der Waals surface area (Å²) in [5.41, 5.74) is 5.45. The van der Waals surface area contributed by atoms with Gasteiger partial charge in [0.2, 0.25) is 5.88 Å². The van der Waals surface area contributed by atoms with Crippen molar-refractivity contribution in [3.63, 3.8) is 0 Å². The third-order valence-electron chi connectivity index (χ3n) is 7.06. The van der Waals surface area contributed by atoms with E-state index in [1.54, 1.807) is 27.7 Å². The highest BCUT2D eigenvalue weighted by Crippen LogP contribution is 2.44. The number of nitrogens with zero attached hydrogens (tertiary/aromatic N) is 2. The smallest absolute Gasteiger partial charge is 0.270 e. The summed E-state index contributed by atoms with van der Waals surface area (Å²) in [5.74, 6) is -1.79. The van der Waals surface area contributed by atoms with Gasteiger partial charge in [-0.25, -0.2) is 18.7 Å². The van der Waals surface area contributed by atoms with Crippen LogP contribution in [0.15, 0.2) is 12.1 Å². The van der Waals surface area contributed by atoms with Gasteiger partial charge in [0.15, 0.2) is 17.4 Å². The molecule has 11 heteroatoms. The van der Waals surface area contributed by atoms with Crippen molar-refractivity contribution in [1.29, 1.82) is 0 Å². The molecule has 0 saturated heterocycles. The van der Waals surface area contributed by atoms with Gasteiger partial charge in [-0.2, -0.15) is 0 Å². The molecule has 0 fully saturated rings. The van der Waals surface area contributed by atoms with Gasteiger partial charge in [-0.05, 0) is 59.6 Å². The van der Waals surface area contributed by atoms with Crippen LogP contribution in [0.1, 0.15) is 70.4 Å². The lowest BCUT2D eigenvalue weighted by Gasteiger charge is -2.25. The quantitative estimate of drug-likeness (QED) is 0.268. The maximum Gasteiger partial charge on any atom is 0.270 e. The second-order valence-electron chi connectivity index (χ2n) is 11.6. The second kappa shape index (κ2) is 11.6. The van der Waals surface area contributed by atoms with Crippen molar-refractivity contribution >= 4 is 28.2 Å². The van der Waals surface area contributed by atoms with Crippen LogP contribution in [-0.4, -0.2) is 53.3 Å². The minimum atomic E-state index is -0.797. The Hall–Kier alpha value is -3.73. The van der Waals surface area contributed by atoms with Gasteiger partial charge < -0.3 is 31.2 Å². The molecule has 5 N–H and O–H groups in total. The molecule has 0 saturated carbocycles. The second-order valence-corrected chi connectivity index (χ2v) is 11.6. The first-order chi connectivity index (χ1) is 19.2. The Bertz CT molecular complexity index is 1470. The minimum Gasteiger partial charge on any atom is -0.484 e. The summed E-state index contributed by atoms with van der Waals surface area (Å²) in [5, 5.41) is 9.85. The molecule has 0 bridgehead atoms. The molecule has 1 aliphatic heterocycles. The third kappa shape index (κ3) is 6.14. The summed E-state index contributed by atoms with van der Waals surface area (Å²) in [6.45, 7) is 13.5. The SMILES string of the molecule is CCCC(C)NCC1Nc2nc(C(=O)NC)c(C)c3c(F)c(-c4cc(N)cc(F)c4OC(C)(C)C)nc(c23)OC1C. The highest BCUT2D eigenvalue weighted by atomic mass is 19.1. The maximum atomic E-state index is 16.7. The van der Waals surface area contributed by atoms with E-state index in [9.17, 15) is 4.79 Å². The molecule has 1 aromatic carbocycles. The number of ether oxygens (including phenoxy) is 2. The van der Waals surface area contributed by atoms with Gasteiger partial charge in [-0.3, -0.25) is 4.79 Å². The molecular weight excluding hydrogens is 530 g/mol. The first-order valence-electron chi connectivity index (χ1n) is 14.0. The van der Waals surface area contributed by atoms with Crippen LogP contribution in [0.3, 0.4) is 0 Å². The van der Waals surface area contributed by atoms with Crippen molar-refractivity contribution in [3.8, 4) is 22.9 Å². The van der Waals surface area contributed by atoms with Gasteiger partial charge in [-0.15, -0.1) is 0 Å². The average molecular weight is 571 g/mol. The van der Waals surface area contributed by atoms with E-state index in [0.29, 0.717) is 17.5 Å². The Kier molecular flexibility index (Phi) is 8.58. The molecule has 3 aromatic rings. The van der Waals surface area contributed by atoms with Crippen molar-refractivity contribution in [3.05, 3.63) is 35.0 Å². The van der Waals surface area contributed by atoms with Crippen molar-refractivity contribution in [2.75, 3.05) is 24.6 Å². The Morgan fingerprint density at radius 1 is 1.24 bits per heavy atom. The van der Waals surface area contributed by atoms with Crippen LogP contribution in [0.25, 0.3) is 22.0 Å². The zero-order valence-corrected chi connectivity index (χ0v) is 25.0. The zero-order chi connectivity index (χ0) is 30.2. The predicted molar refractivity (Wildman–Crippen MR) is 158 cm³/mol. The number of amides is 1. The van der Waals surface area contributed by atoms with E-state index in [2.05, 4.69) is 39.8 Å². The van der Waals surface area contributed by atoms with Crippen LogP contribution in [0.4, 0.5) is 20.3 Å². The average Bonchev–Trinajstić information content (AvgIpc) is 3.01.